The van der Waals surface area contributed by atoms with E-state index in [2.05, 4.69) is 148 Å². The third-order valence-electron chi connectivity index (χ3n) is 9.13. The molecule has 0 unspecified atom stereocenters. The summed E-state index contributed by atoms with van der Waals surface area (Å²) < 4.78 is 5.94. The molecule has 0 spiro atoms. The van der Waals surface area contributed by atoms with Gasteiger partial charge in [0.1, 0.15) is 11.4 Å². The lowest BCUT2D eigenvalue weighted by molar-refractivity contribution is 0.451. The molecule has 0 radical (unpaired) electrons. The number of hydrogen-bond acceptors (Lipinski definition) is 5. The number of aromatic nitrogens is 8. The molecular weight excluding hydrogens is 592 g/mol. The molecule has 3 aromatic heterocycles. The van der Waals surface area contributed by atoms with Gasteiger partial charge in [-0.2, -0.15) is 5.10 Å². The molecule has 0 aliphatic rings. The van der Waals surface area contributed by atoms with Crippen LogP contribution in [0.1, 0.15) is 40.7 Å². The first-order chi connectivity index (χ1) is 23.7. The van der Waals surface area contributed by atoms with Crippen LogP contribution in [0.5, 0.6) is 0 Å². The van der Waals surface area contributed by atoms with Gasteiger partial charge in [0.2, 0.25) is 0 Å². The van der Waals surface area contributed by atoms with Gasteiger partial charge in [0.25, 0.3) is 0 Å². The maximum absolute atomic E-state index is 4.77. The van der Waals surface area contributed by atoms with Crippen LogP contribution < -0.4 is 0 Å². The molecule has 3 heterocycles. The van der Waals surface area contributed by atoms with E-state index in [-0.39, 0.29) is 0 Å². The summed E-state index contributed by atoms with van der Waals surface area (Å²) in [7, 11) is 0. The van der Waals surface area contributed by atoms with Gasteiger partial charge in [0.15, 0.2) is 11.5 Å². The zero-order valence-electron chi connectivity index (χ0n) is 26.8. The fourth-order valence-corrected chi connectivity index (χ4v) is 6.78. The Morgan fingerprint density at radius 3 is 1.77 bits per heavy atom. The monoisotopic (exact) mass is 626 g/mol. The van der Waals surface area contributed by atoms with E-state index < -0.39 is 5.54 Å². The highest BCUT2D eigenvalue weighted by atomic mass is 15.6. The molecule has 8 aromatic rings. The molecule has 0 aliphatic carbocycles. The van der Waals surface area contributed by atoms with Crippen molar-refractivity contribution in [2.45, 2.75) is 32.4 Å². The van der Waals surface area contributed by atoms with E-state index in [0.717, 1.165) is 57.0 Å². The molecule has 48 heavy (non-hydrogen) atoms. The second kappa shape index (κ2) is 12.2. The molecule has 5 aromatic carbocycles. The lowest BCUT2D eigenvalue weighted by atomic mass is 9.77. The number of fused-ring (bicyclic) bond motifs is 1. The number of nitrogens with zero attached hydrogens (tertiary/aromatic N) is 8. The molecule has 0 saturated carbocycles. The fraction of sp³-hybridized carbons (Fsp3) is 0.125. The lowest BCUT2D eigenvalue weighted by Gasteiger charge is -2.36. The van der Waals surface area contributed by atoms with Gasteiger partial charge in [0.05, 0.1) is 12.2 Å². The summed E-state index contributed by atoms with van der Waals surface area (Å²) in [5.41, 5.74) is 8.65. The molecule has 0 aliphatic heterocycles. The Kier molecular flexibility index (Phi) is 7.45. The average molecular weight is 627 g/mol. The summed E-state index contributed by atoms with van der Waals surface area (Å²) in [6, 6.07) is 50.7. The Labute approximate surface area is 278 Å². The van der Waals surface area contributed by atoms with Crippen LogP contribution >= 0.6 is 0 Å². The van der Waals surface area contributed by atoms with Crippen LogP contribution in [0.25, 0.3) is 28.2 Å². The predicted molar refractivity (Wildman–Crippen MR) is 187 cm³/mol. The van der Waals surface area contributed by atoms with E-state index in [9.17, 15) is 0 Å². The molecule has 8 rings (SSSR count). The molecule has 0 saturated heterocycles. The van der Waals surface area contributed by atoms with Crippen LogP contribution in [0.3, 0.4) is 0 Å². The van der Waals surface area contributed by atoms with Crippen LogP contribution in [0.4, 0.5) is 0 Å². The highest BCUT2D eigenvalue weighted by Crippen LogP contribution is 2.43. The van der Waals surface area contributed by atoms with Crippen LogP contribution in [0.15, 0.2) is 146 Å². The summed E-state index contributed by atoms with van der Waals surface area (Å²) in [6.07, 6.45) is 0.878. The van der Waals surface area contributed by atoms with Crippen LogP contribution in [-0.2, 0) is 18.5 Å². The number of aryl methyl sites for hydroxylation is 2. The zero-order valence-corrected chi connectivity index (χ0v) is 26.8. The van der Waals surface area contributed by atoms with Gasteiger partial charge < -0.3 is 4.57 Å². The Hall–Kier alpha value is -6.15. The van der Waals surface area contributed by atoms with Crippen molar-refractivity contribution in [3.05, 3.63) is 179 Å². The molecule has 0 bridgehead atoms. The molecule has 8 nitrogen and oxygen atoms in total. The molecule has 0 amide bonds. The molecule has 234 valence electrons. The normalized spacial score (nSPS) is 11.7. The first-order valence-electron chi connectivity index (χ1n) is 16.2. The predicted octanol–water partition coefficient (Wildman–Crippen LogP) is 7.61. The Morgan fingerprint density at radius 2 is 1.19 bits per heavy atom. The highest BCUT2D eigenvalue weighted by Gasteiger charge is 2.42. The van der Waals surface area contributed by atoms with Crippen molar-refractivity contribution in [1.82, 2.24) is 39.6 Å². The fourth-order valence-electron chi connectivity index (χ4n) is 6.78. The summed E-state index contributed by atoms with van der Waals surface area (Å²) >= 11 is 0. The maximum atomic E-state index is 4.77. The lowest BCUT2D eigenvalue weighted by Crippen LogP contribution is -2.39. The van der Waals surface area contributed by atoms with Crippen molar-refractivity contribution in [3.63, 3.8) is 0 Å². The molecule has 8 heteroatoms. The topological polar surface area (TPSA) is 78.7 Å². The van der Waals surface area contributed by atoms with E-state index in [1.54, 1.807) is 4.63 Å². The minimum atomic E-state index is -0.834. The number of tetrazole rings is 1. The van der Waals surface area contributed by atoms with Gasteiger partial charge in [0, 0.05) is 11.6 Å². The van der Waals surface area contributed by atoms with Crippen molar-refractivity contribution < 1.29 is 0 Å². The van der Waals surface area contributed by atoms with Gasteiger partial charge in [-0.1, -0.05) is 146 Å². The standard InChI is InChI=1S/C40H34N8/c1-3-35-27-38-46(29(2)42-48(38)43-35)28-30-23-25-31(26-24-30)36-21-13-14-22-37(36)39-41-44-45-47(39)40(32-15-7-4-8-16-32,33-17-9-5-10-18-33)34-19-11-6-12-20-34/h4-27H,3,28H2,1-2H3. The SMILES string of the molecule is CCc1cc2n(Cc3ccc(-c4ccccc4-c4nnnn4C(c4ccccc4)(c4ccccc4)c4ccccc4)cc3)c(C)nn2n1. The first-order valence-corrected chi connectivity index (χ1v) is 16.2. The van der Waals surface area contributed by atoms with Gasteiger partial charge in [-0.15, -0.1) is 14.8 Å². The average Bonchev–Trinajstić information content (AvgIpc) is 3.87. The molecule has 0 atom stereocenters. The summed E-state index contributed by atoms with van der Waals surface area (Å²) in [5, 5.41) is 23.0. The van der Waals surface area contributed by atoms with E-state index in [0.29, 0.717) is 12.4 Å². The second-order valence-electron chi connectivity index (χ2n) is 11.9. The third kappa shape index (κ3) is 4.89. The quantitative estimate of drug-likeness (QED) is 0.154. The Balaban J connectivity index is 1.24. The highest BCUT2D eigenvalue weighted by molar-refractivity contribution is 5.81. The van der Waals surface area contributed by atoms with Crippen molar-refractivity contribution in [3.8, 4) is 22.5 Å². The minimum Gasteiger partial charge on any atom is -0.307 e. The summed E-state index contributed by atoms with van der Waals surface area (Å²) in [4.78, 5) is 0. The van der Waals surface area contributed by atoms with Crippen LogP contribution in [0, 0.1) is 6.92 Å². The van der Waals surface area contributed by atoms with Gasteiger partial charge in [-0.3, -0.25) is 0 Å². The summed E-state index contributed by atoms with van der Waals surface area (Å²) in [5.74, 6) is 1.61. The smallest absolute Gasteiger partial charge is 0.184 e. The van der Waals surface area contributed by atoms with Crippen molar-refractivity contribution in [2.75, 3.05) is 0 Å². The Bertz CT molecular complexity index is 2200. The largest absolute Gasteiger partial charge is 0.307 e. The van der Waals surface area contributed by atoms with E-state index in [1.807, 2.05) is 35.9 Å². The van der Waals surface area contributed by atoms with Gasteiger partial charge in [-0.05, 0) is 57.2 Å². The van der Waals surface area contributed by atoms with Crippen molar-refractivity contribution >= 4 is 5.65 Å². The number of benzene rings is 5. The third-order valence-corrected chi connectivity index (χ3v) is 9.13. The maximum Gasteiger partial charge on any atom is 0.184 e. The second-order valence-corrected chi connectivity index (χ2v) is 11.9. The van der Waals surface area contributed by atoms with Gasteiger partial charge >= 0.3 is 0 Å². The molecular formula is C40H34N8. The zero-order chi connectivity index (χ0) is 32.5. The van der Waals surface area contributed by atoms with Crippen molar-refractivity contribution in [2.24, 2.45) is 0 Å². The van der Waals surface area contributed by atoms with Crippen molar-refractivity contribution in [1.29, 1.82) is 0 Å². The number of hydrogen-bond donors (Lipinski definition) is 0. The molecule has 0 fully saturated rings. The van der Waals surface area contributed by atoms with Crippen LogP contribution in [0.2, 0.25) is 0 Å². The minimum absolute atomic E-state index is 0.676. The van der Waals surface area contributed by atoms with E-state index in [4.69, 9.17) is 10.3 Å². The first kappa shape index (κ1) is 29.3. The summed E-state index contributed by atoms with van der Waals surface area (Å²) in [6.45, 7) is 4.84. The Morgan fingerprint density at radius 1 is 0.625 bits per heavy atom. The number of rotatable bonds is 9. The van der Waals surface area contributed by atoms with Crippen LogP contribution in [-0.4, -0.2) is 39.6 Å². The van der Waals surface area contributed by atoms with E-state index >= 15 is 0 Å². The van der Waals surface area contributed by atoms with Gasteiger partial charge in [-0.25, -0.2) is 4.68 Å². The molecule has 0 N–H and O–H groups in total. The van der Waals surface area contributed by atoms with E-state index in [1.165, 1.54) is 5.56 Å².